The summed E-state index contributed by atoms with van der Waals surface area (Å²) in [6, 6.07) is 1.98. The van der Waals surface area contributed by atoms with E-state index in [4.69, 9.17) is 22.3 Å². The van der Waals surface area contributed by atoms with Crippen molar-refractivity contribution in [2.45, 2.75) is 108 Å². The average Bonchev–Trinajstić information content (AvgIpc) is 3.39. The van der Waals surface area contributed by atoms with Gasteiger partial charge in [0.05, 0.1) is 66.7 Å². The molecule has 0 unspecified atom stereocenters. The number of guanidine groups is 1. The van der Waals surface area contributed by atoms with E-state index in [-0.39, 0.29) is 67.6 Å². The maximum Gasteiger partial charge on any atom is 0.322 e. The lowest BCUT2D eigenvalue weighted by atomic mass is 9.93. The summed E-state index contributed by atoms with van der Waals surface area (Å²) in [5.41, 5.74) is 17.3. The monoisotopic (exact) mass is 1140 g/mol. The minimum absolute atomic E-state index is 0.00240. The molecule has 14 N–H and O–H groups in total. The second-order valence-electron chi connectivity index (χ2n) is 18.1. The first-order valence-electron chi connectivity index (χ1n) is 24.0. The number of ketones is 5. The average molecular weight is 1140 g/mol. The van der Waals surface area contributed by atoms with Crippen LogP contribution in [0.5, 0.6) is 0 Å². The van der Waals surface area contributed by atoms with Gasteiger partial charge in [0.1, 0.15) is 12.3 Å². The molecular weight excluding hydrogens is 1070 g/mol. The van der Waals surface area contributed by atoms with Crippen LogP contribution in [0.4, 0.5) is 0 Å². The molecule has 0 radical (unpaired) electrons. The first-order chi connectivity index (χ1) is 35.9. The fourth-order valence-corrected chi connectivity index (χ4v) is 12.9. The molecule has 3 rings (SSSR count). The van der Waals surface area contributed by atoms with Crippen LogP contribution in [-0.2, 0) is 68.7 Å². The van der Waals surface area contributed by atoms with Crippen molar-refractivity contribution in [1.29, 1.82) is 0 Å². The summed E-state index contributed by atoms with van der Waals surface area (Å²) >= 11 is 0. The van der Waals surface area contributed by atoms with Gasteiger partial charge < -0.3 is 59.1 Å². The van der Waals surface area contributed by atoms with Crippen molar-refractivity contribution in [3.8, 4) is 0 Å². The first kappa shape index (κ1) is 64.2. The molecule has 418 valence electrons. The molecule has 2 fully saturated rings. The molecule has 0 bridgehead atoms. The second-order valence-corrected chi connectivity index (χ2v) is 23.2. The Morgan fingerprint density at radius 1 is 0.671 bits per heavy atom. The van der Waals surface area contributed by atoms with Crippen LogP contribution in [0.3, 0.4) is 0 Å². The Kier molecular flexibility index (Phi) is 28.1. The Hall–Kier alpha value is -6.04. The number of hydrogen-bond donors (Lipinski definition) is 11. The zero-order chi connectivity index (χ0) is 56.5. The molecule has 0 saturated carbocycles. The zero-order valence-electron chi connectivity index (χ0n) is 41.6. The maximum absolute atomic E-state index is 13.9. The van der Waals surface area contributed by atoms with E-state index >= 15 is 0 Å². The molecule has 25 nitrogen and oxygen atoms in total. The van der Waals surface area contributed by atoms with E-state index in [2.05, 4.69) is 31.6 Å². The van der Waals surface area contributed by atoms with Crippen LogP contribution in [0.15, 0.2) is 35.3 Å². The highest BCUT2D eigenvalue weighted by molar-refractivity contribution is 8.77. The van der Waals surface area contributed by atoms with E-state index < -0.39 is 175 Å². The number of carboxylic acid groups (broad SMARTS) is 3. The molecule has 1 aromatic rings. The van der Waals surface area contributed by atoms with Gasteiger partial charge >= 0.3 is 17.9 Å². The molecular formula is C47H65N9O16S4. The van der Waals surface area contributed by atoms with E-state index in [1.807, 2.05) is 0 Å². The highest BCUT2D eigenvalue weighted by Gasteiger charge is 2.37. The lowest BCUT2D eigenvalue weighted by Gasteiger charge is -2.24. The molecule has 0 aliphatic carbocycles. The summed E-state index contributed by atoms with van der Waals surface area (Å²) in [6.45, 7) is 0.783. The Bertz CT molecular complexity index is 2320. The van der Waals surface area contributed by atoms with Gasteiger partial charge in [-0.05, 0) is 31.7 Å². The minimum Gasteiger partial charge on any atom is -0.481 e. The summed E-state index contributed by atoms with van der Waals surface area (Å²) in [6.07, 6.45) is -4.63. The fraction of sp³-hybridized carbons (Fsp3) is 0.574. The minimum atomic E-state index is -1.69. The van der Waals surface area contributed by atoms with E-state index in [9.17, 15) is 72.5 Å². The standard InChI is InChI=1S/C47H65N9O16S4/c1-24(48)35(58)13-27-21-74-76-22-28(16-38(61)33(18-41(65)66)56-45(27)71)44(70)54-30(8-5-11-51-47(49)50)34(57)9-10-39(62)53-32(17-40(63)64)37(60)15-29-23-75-73-20-26(43(69)52-19-42(67)68)14-36(59)31(55-46(29)72)12-25-6-3-2-4-7-25/h2-4,6-7,24,26-33H,5,8-23,48H2,1H3,(H,52,69)(H,53,62)(H,54,70)(H,55,72)(H,56,71)(H,63,64)(H,65,66)(H,67,68)(H4,49,50,51)/t24-,26-,27-,28-,29-,30-,31-,32-,33-/m0/s1. The molecule has 2 heterocycles. The Balaban J connectivity index is 1.79. The predicted octanol–water partition coefficient (Wildman–Crippen LogP) is -0.840. The number of amides is 5. The van der Waals surface area contributed by atoms with Crippen LogP contribution >= 0.6 is 43.2 Å². The Morgan fingerprint density at radius 2 is 1.22 bits per heavy atom. The molecule has 76 heavy (non-hydrogen) atoms. The number of Topliss-reactive ketones (excluding diaryl/α,β-unsaturated/α-hetero) is 5. The highest BCUT2D eigenvalue weighted by atomic mass is 33.1. The van der Waals surface area contributed by atoms with Gasteiger partial charge in [-0.2, -0.15) is 0 Å². The number of aliphatic carboxylic acids is 3. The first-order valence-corrected chi connectivity index (χ1v) is 29.0. The van der Waals surface area contributed by atoms with Gasteiger partial charge in [0.2, 0.25) is 29.5 Å². The third-order valence-electron chi connectivity index (χ3n) is 11.9. The van der Waals surface area contributed by atoms with Crippen LogP contribution in [0, 0.1) is 23.7 Å². The van der Waals surface area contributed by atoms with Gasteiger partial charge in [0, 0.05) is 68.1 Å². The van der Waals surface area contributed by atoms with Gasteiger partial charge in [0.15, 0.2) is 29.1 Å². The molecule has 0 aromatic heterocycles. The molecule has 1 aromatic carbocycles. The predicted molar refractivity (Wildman–Crippen MR) is 283 cm³/mol. The maximum atomic E-state index is 13.9. The molecule has 5 amide bonds. The number of aliphatic imine (C=N–C) groups is 1. The number of benzene rings is 1. The summed E-state index contributed by atoms with van der Waals surface area (Å²) in [5, 5.41) is 40.8. The van der Waals surface area contributed by atoms with Crippen LogP contribution in [0.25, 0.3) is 0 Å². The third kappa shape index (κ3) is 23.9. The summed E-state index contributed by atoms with van der Waals surface area (Å²) in [4.78, 5) is 174. The summed E-state index contributed by atoms with van der Waals surface area (Å²) < 4.78 is 0. The van der Waals surface area contributed by atoms with Gasteiger partial charge in [-0.25, -0.2) is 0 Å². The topological polar surface area (TPSA) is 433 Å². The normalized spacial score (nSPS) is 22.0. The Labute approximate surface area is 453 Å². The summed E-state index contributed by atoms with van der Waals surface area (Å²) in [7, 11) is 4.43. The Morgan fingerprint density at radius 3 is 1.78 bits per heavy atom. The van der Waals surface area contributed by atoms with Crippen molar-refractivity contribution in [1.82, 2.24) is 26.6 Å². The van der Waals surface area contributed by atoms with E-state index in [1.54, 1.807) is 30.3 Å². The number of carboxylic acids is 3. The molecule has 2 aliphatic rings. The fourth-order valence-electron chi connectivity index (χ4n) is 7.62. The van der Waals surface area contributed by atoms with E-state index in [0.717, 1.165) is 43.2 Å². The number of nitrogens with one attached hydrogen (secondary N) is 5. The summed E-state index contributed by atoms with van der Waals surface area (Å²) in [5.74, 6) is -16.0. The van der Waals surface area contributed by atoms with Crippen molar-refractivity contribution in [2.24, 2.45) is 45.9 Å². The third-order valence-corrected chi connectivity index (χ3v) is 17.0. The molecule has 29 heteroatoms. The van der Waals surface area contributed by atoms with Crippen LogP contribution in [0.1, 0.15) is 76.7 Å². The SMILES string of the molecule is C[C@H](N)C(=O)C[C@H]1CSSC[C@@H](C(=O)N[C@@H](CCCN=C(N)N)C(=O)CCC(=O)N[C@@H](CC(=O)O)C(=O)C[C@H]2CSSC[C@@H](C(=O)NCC(=O)O)CC(=O)[C@H](Cc3ccccc3)NC2=O)CC(=O)[C@H](CC(=O)O)NC1=O. The van der Waals surface area contributed by atoms with E-state index in [1.165, 1.54) is 6.92 Å². The number of nitrogens with two attached hydrogens (primary N) is 3. The number of hydrogen-bond acceptors (Lipinski definition) is 19. The second kappa shape index (κ2) is 33.2. The number of carbonyl (C=O) groups is 13. The van der Waals surface area contributed by atoms with E-state index in [0.29, 0.717) is 5.56 Å². The van der Waals surface area contributed by atoms with Crippen molar-refractivity contribution in [3.05, 3.63) is 35.9 Å². The lowest BCUT2D eigenvalue weighted by Crippen LogP contribution is -2.49. The van der Waals surface area contributed by atoms with Crippen LogP contribution in [-0.4, -0.2) is 164 Å². The molecule has 9 atom stereocenters. The van der Waals surface area contributed by atoms with Crippen molar-refractivity contribution in [3.63, 3.8) is 0 Å². The van der Waals surface area contributed by atoms with Crippen LogP contribution < -0.4 is 43.8 Å². The van der Waals surface area contributed by atoms with Gasteiger partial charge in [0.25, 0.3) is 0 Å². The lowest BCUT2D eigenvalue weighted by molar-refractivity contribution is -0.141. The number of rotatable bonds is 26. The molecule has 0 spiro atoms. The van der Waals surface area contributed by atoms with Gasteiger partial charge in [-0.1, -0.05) is 73.5 Å². The number of nitrogens with zero attached hydrogens (tertiary/aromatic N) is 1. The van der Waals surface area contributed by atoms with Crippen LogP contribution in [0.2, 0.25) is 0 Å². The highest BCUT2D eigenvalue weighted by Crippen LogP contribution is 2.32. The smallest absolute Gasteiger partial charge is 0.322 e. The van der Waals surface area contributed by atoms with Crippen molar-refractivity contribution < 1.29 is 77.6 Å². The van der Waals surface area contributed by atoms with Gasteiger partial charge in [-0.3, -0.25) is 67.3 Å². The van der Waals surface area contributed by atoms with Crippen molar-refractivity contribution >= 4 is 125 Å². The number of carbonyl (C=O) groups excluding carboxylic acids is 10. The van der Waals surface area contributed by atoms with Crippen molar-refractivity contribution in [2.75, 3.05) is 36.1 Å². The van der Waals surface area contributed by atoms with Gasteiger partial charge in [-0.15, -0.1) is 0 Å². The largest absolute Gasteiger partial charge is 0.481 e. The molecule has 2 aliphatic heterocycles. The quantitative estimate of drug-likeness (QED) is 0.0233. The zero-order valence-corrected chi connectivity index (χ0v) is 44.8. The molecule has 2 saturated heterocycles.